The highest BCUT2D eigenvalue weighted by Gasteiger charge is 2.37. The molecule has 0 bridgehead atoms. The van der Waals surface area contributed by atoms with Gasteiger partial charge in [0, 0.05) is 38.1 Å². The van der Waals surface area contributed by atoms with Gasteiger partial charge in [-0.1, -0.05) is 18.2 Å². The van der Waals surface area contributed by atoms with Crippen LogP contribution in [0.25, 0.3) is 10.2 Å². The van der Waals surface area contributed by atoms with Crippen LogP contribution in [0.3, 0.4) is 0 Å². The van der Waals surface area contributed by atoms with E-state index in [0.29, 0.717) is 25.9 Å². The van der Waals surface area contributed by atoms with Crippen LogP contribution in [0.4, 0.5) is 11.5 Å². The third-order valence-corrected chi connectivity index (χ3v) is 7.04. The average Bonchev–Trinajstić information content (AvgIpc) is 3.32. The number of anilines is 2. The molecule has 1 aliphatic heterocycles. The fourth-order valence-corrected chi connectivity index (χ4v) is 5.19. The largest absolute Gasteiger partial charge is 0.353 e. The number of nitrogens with zero attached hydrogens (tertiary/aromatic N) is 4. The highest BCUT2D eigenvalue weighted by Crippen LogP contribution is 2.30. The van der Waals surface area contributed by atoms with Crippen LogP contribution in [-0.2, 0) is 9.59 Å². The number of thiazole rings is 1. The number of rotatable bonds is 4. The third-order valence-electron chi connectivity index (χ3n) is 6.25. The molecule has 7 nitrogen and oxygen atoms in total. The summed E-state index contributed by atoms with van der Waals surface area (Å²) >= 11 is 1.54. The lowest BCUT2D eigenvalue weighted by molar-refractivity contribution is -0.141. The van der Waals surface area contributed by atoms with E-state index in [2.05, 4.69) is 20.2 Å². The van der Waals surface area contributed by atoms with Crippen LogP contribution in [0.15, 0.2) is 60.3 Å². The first-order chi connectivity index (χ1) is 15.7. The Balaban J connectivity index is 1.24. The second kappa shape index (κ2) is 9.08. The summed E-state index contributed by atoms with van der Waals surface area (Å²) in [6.07, 6.45) is 7.01. The summed E-state index contributed by atoms with van der Waals surface area (Å²) < 4.78 is 1.03. The summed E-state index contributed by atoms with van der Waals surface area (Å²) in [4.78, 5) is 39.3. The summed E-state index contributed by atoms with van der Waals surface area (Å²) in [5.74, 6) is 0.235. The molecular weight excluding hydrogens is 422 g/mol. The van der Waals surface area contributed by atoms with Crippen LogP contribution >= 0.6 is 11.3 Å². The van der Waals surface area contributed by atoms with Gasteiger partial charge in [-0.3, -0.25) is 9.59 Å². The van der Waals surface area contributed by atoms with Gasteiger partial charge in [-0.25, -0.2) is 9.97 Å². The molecule has 2 amide bonds. The molecule has 164 valence electrons. The minimum absolute atomic E-state index is 0.0769. The smallest absolute Gasteiger partial charge is 0.228 e. The molecule has 2 aliphatic rings. The molecule has 0 saturated carbocycles. The van der Waals surface area contributed by atoms with Crippen molar-refractivity contribution in [1.29, 1.82) is 0 Å². The highest BCUT2D eigenvalue weighted by molar-refractivity contribution is 7.16. The van der Waals surface area contributed by atoms with Crippen molar-refractivity contribution in [2.24, 2.45) is 11.8 Å². The molecule has 2 atom stereocenters. The van der Waals surface area contributed by atoms with E-state index in [4.69, 9.17) is 0 Å². The Kier molecular flexibility index (Phi) is 5.85. The number of pyridine rings is 1. The molecule has 1 aliphatic carbocycles. The molecule has 3 aromatic rings. The van der Waals surface area contributed by atoms with Crippen LogP contribution in [0.1, 0.15) is 12.8 Å². The van der Waals surface area contributed by atoms with Gasteiger partial charge in [-0.15, -0.1) is 11.3 Å². The SMILES string of the molecule is O=C(Nc1ccc2ncsc2c1)C1CC=CCC1C(=O)N1CCN(c2ccccn2)CC1. The maximum Gasteiger partial charge on any atom is 0.228 e. The highest BCUT2D eigenvalue weighted by atomic mass is 32.1. The van der Waals surface area contributed by atoms with Gasteiger partial charge >= 0.3 is 0 Å². The summed E-state index contributed by atoms with van der Waals surface area (Å²) in [5, 5.41) is 3.03. The van der Waals surface area contributed by atoms with Crippen molar-refractivity contribution in [2.45, 2.75) is 12.8 Å². The molecule has 2 aromatic heterocycles. The molecule has 32 heavy (non-hydrogen) atoms. The number of hydrogen-bond donors (Lipinski definition) is 1. The van der Waals surface area contributed by atoms with E-state index in [-0.39, 0.29) is 23.7 Å². The topological polar surface area (TPSA) is 78.4 Å². The van der Waals surface area contributed by atoms with Crippen LogP contribution < -0.4 is 10.2 Å². The van der Waals surface area contributed by atoms with Crippen molar-refractivity contribution in [3.05, 3.63) is 60.3 Å². The first kappa shape index (κ1) is 20.6. The predicted octanol–water partition coefficient (Wildman–Crippen LogP) is 3.56. The zero-order chi connectivity index (χ0) is 21.9. The first-order valence-electron chi connectivity index (χ1n) is 10.9. The van der Waals surface area contributed by atoms with Gasteiger partial charge in [0.2, 0.25) is 11.8 Å². The molecule has 5 rings (SSSR count). The number of benzene rings is 1. The second-order valence-corrected chi connectivity index (χ2v) is 9.07. The minimum atomic E-state index is -0.363. The normalized spacial score (nSPS) is 21.0. The summed E-state index contributed by atoms with van der Waals surface area (Å²) in [5.41, 5.74) is 3.47. The molecule has 8 heteroatoms. The van der Waals surface area contributed by atoms with Crippen LogP contribution in [-0.4, -0.2) is 52.9 Å². The minimum Gasteiger partial charge on any atom is -0.353 e. The standard InChI is InChI=1S/C24H25N5O2S/c30-23(27-17-8-9-20-21(15-17)32-16-26-20)18-5-1-2-6-19(18)24(31)29-13-11-28(12-14-29)22-7-3-4-10-25-22/h1-4,7-10,15-16,18-19H,5-6,11-14H2,(H,27,30). The molecular formula is C24H25N5O2S. The van der Waals surface area contributed by atoms with Gasteiger partial charge in [0.1, 0.15) is 5.82 Å². The molecule has 2 unspecified atom stereocenters. The molecule has 0 radical (unpaired) electrons. The number of piperazine rings is 1. The Morgan fingerprint density at radius 2 is 1.78 bits per heavy atom. The van der Waals surface area contributed by atoms with Crippen molar-refractivity contribution in [3.63, 3.8) is 0 Å². The molecule has 1 fully saturated rings. The van der Waals surface area contributed by atoms with E-state index in [1.807, 2.05) is 53.5 Å². The van der Waals surface area contributed by atoms with Crippen molar-refractivity contribution >= 4 is 44.9 Å². The van der Waals surface area contributed by atoms with Crippen LogP contribution in [0.5, 0.6) is 0 Å². The Labute approximate surface area is 190 Å². The van der Waals surface area contributed by atoms with E-state index >= 15 is 0 Å². The number of nitrogens with one attached hydrogen (secondary N) is 1. The third kappa shape index (κ3) is 4.23. The van der Waals surface area contributed by atoms with Crippen molar-refractivity contribution in [2.75, 3.05) is 36.4 Å². The molecule has 1 saturated heterocycles. The van der Waals surface area contributed by atoms with Gasteiger partial charge in [0.05, 0.1) is 27.6 Å². The number of aromatic nitrogens is 2. The average molecular weight is 448 g/mol. The molecule has 3 heterocycles. The van der Waals surface area contributed by atoms with Gasteiger partial charge < -0.3 is 15.1 Å². The zero-order valence-corrected chi connectivity index (χ0v) is 18.5. The summed E-state index contributed by atoms with van der Waals surface area (Å²) in [6, 6.07) is 11.6. The van der Waals surface area contributed by atoms with Gasteiger partial charge in [-0.2, -0.15) is 0 Å². The fourth-order valence-electron chi connectivity index (χ4n) is 4.48. The van der Waals surface area contributed by atoms with E-state index < -0.39 is 0 Å². The van der Waals surface area contributed by atoms with Crippen LogP contribution in [0, 0.1) is 11.8 Å². The van der Waals surface area contributed by atoms with Crippen molar-refractivity contribution in [1.82, 2.24) is 14.9 Å². The van der Waals surface area contributed by atoms with Gasteiger partial charge in [0.15, 0.2) is 0 Å². The lowest BCUT2D eigenvalue weighted by Gasteiger charge is -2.38. The fraction of sp³-hybridized carbons (Fsp3) is 0.333. The summed E-state index contributed by atoms with van der Waals surface area (Å²) in [6.45, 7) is 2.78. The number of fused-ring (bicyclic) bond motifs is 1. The lowest BCUT2D eigenvalue weighted by atomic mass is 9.81. The number of carbonyl (C=O) groups excluding carboxylic acids is 2. The van der Waals surface area contributed by atoms with Gasteiger partial charge in [0.25, 0.3) is 0 Å². The monoisotopic (exact) mass is 447 g/mol. The predicted molar refractivity (Wildman–Crippen MR) is 127 cm³/mol. The van der Waals surface area contributed by atoms with Gasteiger partial charge in [-0.05, 0) is 43.2 Å². The van der Waals surface area contributed by atoms with E-state index in [1.54, 1.807) is 23.0 Å². The maximum absolute atomic E-state index is 13.4. The van der Waals surface area contributed by atoms with Crippen LogP contribution in [0.2, 0.25) is 0 Å². The Bertz CT molecular complexity index is 1140. The molecule has 0 spiro atoms. The zero-order valence-electron chi connectivity index (χ0n) is 17.7. The van der Waals surface area contributed by atoms with E-state index in [9.17, 15) is 9.59 Å². The summed E-state index contributed by atoms with van der Waals surface area (Å²) in [7, 11) is 0. The number of carbonyl (C=O) groups is 2. The lowest BCUT2D eigenvalue weighted by Crippen LogP contribution is -2.52. The Morgan fingerprint density at radius 1 is 0.969 bits per heavy atom. The van der Waals surface area contributed by atoms with E-state index in [0.717, 1.165) is 34.8 Å². The number of amides is 2. The van der Waals surface area contributed by atoms with Crippen molar-refractivity contribution in [3.8, 4) is 0 Å². The van der Waals surface area contributed by atoms with E-state index in [1.165, 1.54) is 0 Å². The number of hydrogen-bond acceptors (Lipinski definition) is 6. The Morgan fingerprint density at radius 3 is 2.56 bits per heavy atom. The molecule has 1 N–H and O–H groups in total. The first-order valence-corrected chi connectivity index (χ1v) is 11.8. The number of allylic oxidation sites excluding steroid dienone is 2. The molecule has 1 aromatic carbocycles. The second-order valence-electron chi connectivity index (χ2n) is 8.18. The van der Waals surface area contributed by atoms with Crippen molar-refractivity contribution < 1.29 is 9.59 Å². The maximum atomic E-state index is 13.4. The quantitative estimate of drug-likeness (QED) is 0.619. The Hall–Kier alpha value is -3.26.